The number of hydrogen-bond donors (Lipinski definition) is 2. The Morgan fingerprint density at radius 3 is 2.06 bits per heavy atom. The van der Waals surface area contributed by atoms with Gasteiger partial charge in [-0.15, -0.1) is 0 Å². The molecule has 7 heteroatoms. The predicted octanol–water partition coefficient (Wildman–Crippen LogP) is 2.36. The molecular formula is C11H12F4N2O. The minimum Gasteiger partial charge on any atom is -0.388 e. The number of aliphatic hydroxyl groups is 1. The third-order valence-electron chi connectivity index (χ3n) is 3.13. The first-order valence-electron chi connectivity index (χ1n) is 5.59. The number of hydrogen-bond acceptors (Lipinski definition) is 3. The second kappa shape index (κ2) is 4.72. The van der Waals surface area contributed by atoms with Crippen LogP contribution in [0.3, 0.4) is 0 Å². The zero-order valence-electron chi connectivity index (χ0n) is 9.44. The summed E-state index contributed by atoms with van der Waals surface area (Å²) in [4.78, 5) is 2.44. The molecule has 3 nitrogen and oxygen atoms in total. The fraction of sp³-hybridized carbons (Fsp3) is 0.545. The Labute approximate surface area is 101 Å². The van der Waals surface area contributed by atoms with E-state index >= 15 is 0 Å². The number of rotatable bonds is 3. The topological polar surface area (TPSA) is 45.1 Å². The van der Waals surface area contributed by atoms with Gasteiger partial charge in [0, 0.05) is 6.54 Å². The van der Waals surface area contributed by atoms with E-state index in [2.05, 4.69) is 10.3 Å². The monoisotopic (exact) mass is 264 g/mol. The Hall–Kier alpha value is -1.37. The molecule has 1 fully saturated rings. The van der Waals surface area contributed by atoms with Crippen LogP contribution in [0, 0.1) is 23.5 Å². The van der Waals surface area contributed by atoms with Crippen LogP contribution in [0.5, 0.6) is 0 Å². The maximum Gasteiger partial charge on any atom is 0.253 e. The second-order valence-electron chi connectivity index (χ2n) is 4.48. The van der Waals surface area contributed by atoms with E-state index < -0.39 is 34.8 Å². The van der Waals surface area contributed by atoms with Gasteiger partial charge in [0.25, 0.3) is 11.9 Å². The average Bonchev–Trinajstić information content (AvgIpc) is 2.74. The van der Waals surface area contributed by atoms with Crippen LogP contribution in [-0.2, 0) is 0 Å². The number of anilines is 1. The van der Waals surface area contributed by atoms with Crippen LogP contribution in [0.2, 0.25) is 0 Å². The Balaban J connectivity index is 2.18. The van der Waals surface area contributed by atoms with E-state index in [0.717, 1.165) is 12.8 Å². The zero-order chi connectivity index (χ0) is 13.3. The molecule has 1 aliphatic rings. The fourth-order valence-corrected chi connectivity index (χ4v) is 2.10. The van der Waals surface area contributed by atoms with Crippen LogP contribution in [0.15, 0.2) is 0 Å². The quantitative estimate of drug-likeness (QED) is 0.650. The van der Waals surface area contributed by atoms with E-state index in [4.69, 9.17) is 0 Å². The molecule has 0 radical (unpaired) electrons. The molecule has 1 aromatic rings. The summed E-state index contributed by atoms with van der Waals surface area (Å²) in [7, 11) is 0. The van der Waals surface area contributed by atoms with Gasteiger partial charge in [-0.1, -0.05) is 12.8 Å². The highest BCUT2D eigenvalue weighted by molar-refractivity contribution is 5.45. The summed E-state index contributed by atoms with van der Waals surface area (Å²) in [6, 6.07) is 0. The Kier molecular flexibility index (Phi) is 3.43. The van der Waals surface area contributed by atoms with Crippen molar-refractivity contribution in [2.75, 3.05) is 11.9 Å². The number of aromatic nitrogens is 1. The smallest absolute Gasteiger partial charge is 0.253 e. The molecular weight excluding hydrogens is 252 g/mol. The summed E-state index contributed by atoms with van der Waals surface area (Å²) in [5.74, 6) is -6.60. The number of pyridine rings is 1. The lowest BCUT2D eigenvalue weighted by Crippen LogP contribution is -2.34. The molecule has 1 aliphatic carbocycles. The summed E-state index contributed by atoms with van der Waals surface area (Å²) in [5.41, 5.74) is -2.02. The van der Waals surface area contributed by atoms with Crippen molar-refractivity contribution >= 4 is 5.69 Å². The first kappa shape index (κ1) is 13.1. The standard InChI is InChI=1S/C11H12F4N2O/c12-6-8(7(13)10(15)17-9(6)14)16-5-11(18)3-1-2-4-11/h18H,1-5H2,(H,16,17). The molecule has 2 rings (SSSR count). The Morgan fingerprint density at radius 1 is 1.06 bits per heavy atom. The summed E-state index contributed by atoms with van der Waals surface area (Å²) < 4.78 is 52.1. The highest BCUT2D eigenvalue weighted by Gasteiger charge is 2.32. The van der Waals surface area contributed by atoms with E-state index in [-0.39, 0.29) is 6.54 Å². The van der Waals surface area contributed by atoms with Crippen molar-refractivity contribution in [2.24, 2.45) is 0 Å². The SMILES string of the molecule is OC1(CNc2c(F)c(F)nc(F)c2F)CCCC1. The third-order valence-corrected chi connectivity index (χ3v) is 3.13. The lowest BCUT2D eigenvalue weighted by molar-refractivity contribution is 0.0613. The first-order chi connectivity index (χ1) is 8.43. The highest BCUT2D eigenvalue weighted by atomic mass is 19.2. The maximum absolute atomic E-state index is 13.3. The van der Waals surface area contributed by atoms with Gasteiger partial charge in [-0.3, -0.25) is 0 Å². The molecule has 100 valence electrons. The fourth-order valence-electron chi connectivity index (χ4n) is 2.10. The molecule has 0 bridgehead atoms. The molecule has 0 atom stereocenters. The van der Waals surface area contributed by atoms with Crippen LogP contribution in [0.25, 0.3) is 0 Å². The van der Waals surface area contributed by atoms with Crippen LogP contribution in [-0.4, -0.2) is 22.2 Å². The van der Waals surface area contributed by atoms with Crippen molar-refractivity contribution in [1.29, 1.82) is 0 Å². The summed E-state index contributed by atoms with van der Waals surface area (Å²) in [6.07, 6.45) is 2.59. The lowest BCUT2D eigenvalue weighted by Gasteiger charge is -2.23. The number of nitrogens with zero attached hydrogens (tertiary/aromatic N) is 1. The van der Waals surface area contributed by atoms with Crippen molar-refractivity contribution in [2.45, 2.75) is 31.3 Å². The van der Waals surface area contributed by atoms with E-state index in [1.807, 2.05) is 0 Å². The largest absolute Gasteiger partial charge is 0.388 e. The van der Waals surface area contributed by atoms with Gasteiger partial charge in [0.2, 0.25) is 11.6 Å². The first-order valence-corrected chi connectivity index (χ1v) is 5.59. The van der Waals surface area contributed by atoms with Gasteiger partial charge in [0.05, 0.1) is 5.60 Å². The van der Waals surface area contributed by atoms with Crippen molar-refractivity contribution in [3.05, 3.63) is 23.5 Å². The molecule has 0 spiro atoms. The van der Waals surface area contributed by atoms with Crippen molar-refractivity contribution in [3.8, 4) is 0 Å². The van der Waals surface area contributed by atoms with Gasteiger partial charge >= 0.3 is 0 Å². The maximum atomic E-state index is 13.3. The minimum absolute atomic E-state index is 0.163. The van der Waals surface area contributed by atoms with Crippen molar-refractivity contribution in [3.63, 3.8) is 0 Å². The van der Waals surface area contributed by atoms with Crippen LogP contribution in [0.4, 0.5) is 23.2 Å². The van der Waals surface area contributed by atoms with Gasteiger partial charge < -0.3 is 10.4 Å². The van der Waals surface area contributed by atoms with E-state index in [9.17, 15) is 22.7 Å². The molecule has 1 saturated carbocycles. The molecule has 0 amide bonds. The van der Waals surface area contributed by atoms with Gasteiger partial charge in [-0.2, -0.15) is 22.5 Å². The van der Waals surface area contributed by atoms with Crippen LogP contribution < -0.4 is 5.32 Å². The third kappa shape index (κ3) is 2.40. The van der Waals surface area contributed by atoms with E-state index in [0.29, 0.717) is 12.8 Å². The van der Waals surface area contributed by atoms with E-state index in [1.165, 1.54) is 0 Å². The zero-order valence-corrected chi connectivity index (χ0v) is 9.44. The van der Waals surface area contributed by atoms with Crippen molar-refractivity contribution in [1.82, 2.24) is 4.98 Å². The van der Waals surface area contributed by atoms with E-state index in [1.54, 1.807) is 0 Å². The normalized spacial score (nSPS) is 18.1. The Morgan fingerprint density at radius 2 is 1.56 bits per heavy atom. The summed E-state index contributed by atoms with van der Waals surface area (Å²) in [6.45, 7) is -0.163. The molecule has 0 saturated heterocycles. The lowest BCUT2D eigenvalue weighted by atomic mass is 10.0. The average molecular weight is 264 g/mol. The highest BCUT2D eigenvalue weighted by Crippen LogP contribution is 2.30. The van der Waals surface area contributed by atoms with Gasteiger partial charge in [-0.05, 0) is 12.8 Å². The molecule has 18 heavy (non-hydrogen) atoms. The molecule has 1 aromatic heterocycles. The molecule has 0 aliphatic heterocycles. The molecule has 0 unspecified atom stereocenters. The molecule has 1 heterocycles. The van der Waals surface area contributed by atoms with Crippen molar-refractivity contribution < 1.29 is 22.7 Å². The summed E-state index contributed by atoms with van der Waals surface area (Å²) >= 11 is 0. The minimum atomic E-state index is -1.71. The van der Waals surface area contributed by atoms with Crippen LogP contribution in [0.1, 0.15) is 25.7 Å². The number of nitrogens with one attached hydrogen (secondary N) is 1. The van der Waals surface area contributed by atoms with Gasteiger partial charge in [-0.25, -0.2) is 0 Å². The molecule has 2 N–H and O–H groups in total. The predicted molar refractivity (Wildman–Crippen MR) is 56.0 cm³/mol. The van der Waals surface area contributed by atoms with Gasteiger partial charge in [0.15, 0.2) is 0 Å². The molecule has 0 aromatic carbocycles. The van der Waals surface area contributed by atoms with Crippen LogP contribution >= 0.6 is 0 Å². The summed E-state index contributed by atoms with van der Waals surface area (Å²) in [5, 5.41) is 12.2. The second-order valence-corrected chi connectivity index (χ2v) is 4.48. The Bertz CT molecular complexity index is 435. The number of halogens is 4. The van der Waals surface area contributed by atoms with Gasteiger partial charge in [0.1, 0.15) is 5.69 Å².